The molecule has 2 aromatic rings. The molecule has 0 aliphatic rings. The molecule has 0 radical (unpaired) electrons. The number of hydrogen-bond donors (Lipinski definition) is 1. The fraction of sp³-hybridized carbons (Fsp3) is 0.200. The normalized spacial score (nSPS) is 13.0. The molecule has 0 saturated heterocycles. The van der Waals surface area contributed by atoms with Gasteiger partial charge < -0.3 is 5.73 Å². The Balaban J connectivity index is 1.81. The maximum Gasteiger partial charge on any atom is -0.00429 e. The Labute approximate surface area is 127 Å². The Morgan fingerprint density at radius 3 is 1.52 bits per heavy atom. The quantitative estimate of drug-likeness (QED) is 0.775. The van der Waals surface area contributed by atoms with Crippen molar-refractivity contribution in [2.45, 2.75) is 12.8 Å². The summed E-state index contributed by atoms with van der Waals surface area (Å²) in [6.07, 6.45) is 10.8. The zero-order valence-electron chi connectivity index (χ0n) is 12.4. The second kappa shape index (κ2) is 8.93. The molecular weight excluding hydrogens is 254 g/mol. The van der Waals surface area contributed by atoms with Gasteiger partial charge in [-0.25, -0.2) is 0 Å². The number of nitrogens with two attached hydrogens (primary N) is 1. The van der Waals surface area contributed by atoms with E-state index in [9.17, 15) is 0 Å². The summed E-state index contributed by atoms with van der Waals surface area (Å²) in [5, 5.41) is 0. The topological polar surface area (TPSA) is 26.0 Å². The lowest BCUT2D eigenvalue weighted by Gasteiger charge is -2.09. The first-order chi connectivity index (χ1) is 10.4. The van der Waals surface area contributed by atoms with Gasteiger partial charge in [-0.1, -0.05) is 85.0 Å². The highest BCUT2D eigenvalue weighted by atomic mass is 14.5. The van der Waals surface area contributed by atoms with Crippen molar-refractivity contribution in [1.82, 2.24) is 0 Å². The van der Waals surface area contributed by atoms with Gasteiger partial charge in [0.15, 0.2) is 0 Å². The summed E-state index contributed by atoms with van der Waals surface area (Å²) in [6.45, 7) is 0.720. The van der Waals surface area contributed by atoms with Crippen molar-refractivity contribution in [3.63, 3.8) is 0 Å². The molecule has 0 aliphatic heterocycles. The van der Waals surface area contributed by atoms with Crippen molar-refractivity contribution in [1.29, 1.82) is 0 Å². The summed E-state index contributed by atoms with van der Waals surface area (Å²) < 4.78 is 0. The van der Waals surface area contributed by atoms with Crippen molar-refractivity contribution in [2.24, 2.45) is 11.7 Å². The van der Waals surface area contributed by atoms with E-state index < -0.39 is 0 Å². The molecule has 2 aromatic carbocycles. The van der Waals surface area contributed by atoms with Gasteiger partial charge >= 0.3 is 0 Å². The smallest absolute Gasteiger partial charge is 0.00429 e. The fourth-order valence-corrected chi connectivity index (χ4v) is 2.21. The first-order valence-electron chi connectivity index (χ1n) is 7.51. The summed E-state index contributed by atoms with van der Waals surface area (Å²) in [5.74, 6) is 0.505. The van der Waals surface area contributed by atoms with E-state index in [0.29, 0.717) is 5.92 Å². The minimum absolute atomic E-state index is 0.505. The Morgan fingerprint density at radius 1 is 0.714 bits per heavy atom. The number of benzene rings is 2. The largest absolute Gasteiger partial charge is 0.330 e. The van der Waals surface area contributed by atoms with Gasteiger partial charge in [-0.2, -0.15) is 0 Å². The zero-order chi connectivity index (χ0) is 14.8. The average molecular weight is 277 g/mol. The van der Waals surface area contributed by atoms with Crippen LogP contribution in [0.4, 0.5) is 0 Å². The van der Waals surface area contributed by atoms with Gasteiger partial charge in [-0.05, 0) is 36.4 Å². The van der Waals surface area contributed by atoms with E-state index >= 15 is 0 Å². The van der Waals surface area contributed by atoms with Crippen molar-refractivity contribution >= 4 is 12.2 Å². The molecule has 0 aromatic heterocycles. The average Bonchev–Trinajstić information content (AvgIpc) is 2.55. The summed E-state index contributed by atoms with van der Waals surface area (Å²) >= 11 is 0. The van der Waals surface area contributed by atoms with Crippen LogP contribution >= 0.6 is 0 Å². The van der Waals surface area contributed by atoms with Gasteiger partial charge in [0, 0.05) is 0 Å². The molecule has 0 heterocycles. The second-order valence-electron chi connectivity index (χ2n) is 5.20. The Kier molecular flexibility index (Phi) is 6.50. The van der Waals surface area contributed by atoms with E-state index in [4.69, 9.17) is 5.73 Å². The Bertz CT molecular complexity index is 503. The molecule has 0 spiro atoms. The molecule has 0 fully saturated rings. The number of rotatable bonds is 7. The van der Waals surface area contributed by atoms with Crippen molar-refractivity contribution in [2.75, 3.05) is 6.54 Å². The molecule has 0 unspecified atom stereocenters. The van der Waals surface area contributed by atoms with E-state index in [1.807, 2.05) is 12.1 Å². The summed E-state index contributed by atoms with van der Waals surface area (Å²) in [7, 11) is 0. The molecule has 1 heteroatoms. The van der Waals surface area contributed by atoms with Crippen LogP contribution in [-0.4, -0.2) is 6.54 Å². The predicted molar refractivity (Wildman–Crippen MR) is 92.7 cm³/mol. The summed E-state index contributed by atoms with van der Waals surface area (Å²) in [5.41, 5.74) is 8.35. The summed E-state index contributed by atoms with van der Waals surface area (Å²) in [4.78, 5) is 0. The molecule has 0 amide bonds. The molecule has 108 valence electrons. The van der Waals surface area contributed by atoms with Crippen LogP contribution < -0.4 is 5.73 Å². The third-order valence-corrected chi connectivity index (χ3v) is 3.49. The van der Waals surface area contributed by atoms with Crippen LogP contribution in [0.25, 0.3) is 12.2 Å². The summed E-state index contributed by atoms with van der Waals surface area (Å²) in [6, 6.07) is 20.8. The van der Waals surface area contributed by atoms with Gasteiger partial charge in [0.25, 0.3) is 0 Å². The molecule has 0 saturated carbocycles. The first-order valence-corrected chi connectivity index (χ1v) is 7.51. The molecule has 1 nitrogen and oxygen atoms in total. The van der Waals surface area contributed by atoms with E-state index in [1.54, 1.807) is 0 Å². The Hall–Kier alpha value is -2.12. The van der Waals surface area contributed by atoms with Crippen molar-refractivity contribution < 1.29 is 0 Å². The van der Waals surface area contributed by atoms with Crippen LogP contribution in [0.3, 0.4) is 0 Å². The van der Waals surface area contributed by atoms with Gasteiger partial charge in [-0.3, -0.25) is 0 Å². The molecule has 21 heavy (non-hydrogen) atoms. The van der Waals surface area contributed by atoms with Crippen LogP contribution in [0.5, 0.6) is 0 Å². The lowest BCUT2D eigenvalue weighted by molar-refractivity contribution is 0.557. The predicted octanol–water partition coefficient (Wildman–Crippen LogP) is 4.77. The third-order valence-electron chi connectivity index (χ3n) is 3.49. The lowest BCUT2D eigenvalue weighted by atomic mass is 10.00. The minimum atomic E-state index is 0.505. The molecule has 2 rings (SSSR count). The van der Waals surface area contributed by atoms with E-state index in [0.717, 1.165) is 19.4 Å². The highest BCUT2D eigenvalue weighted by Gasteiger charge is 2.01. The van der Waals surface area contributed by atoms with Crippen LogP contribution in [0.15, 0.2) is 72.8 Å². The van der Waals surface area contributed by atoms with Gasteiger partial charge in [-0.15, -0.1) is 0 Å². The van der Waals surface area contributed by atoms with E-state index in [2.05, 4.69) is 72.8 Å². The SMILES string of the molecule is NCC(CC=Cc1ccccc1)CC=Cc1ccccc1. The van der Waals surface area contributed by atoms with Crippen molar-refractivity contribution in [3.8, 4) is 0 Å². The van der Waals surface area contributed by atoms with Gasteiger partial charge in [0.1, 0.15) is 0 Å². The standard InChI is InChI=1S/C20H23N/c21-17-20(15-7-13-18-9-3-1-4-10-18)16-8-14-19-11-5-2-6-12-19/h1-14,20H,15-17,21H2. The molecule has 0 atom stereocenters. The Morgan fingerprint density at radius 2 is 1.14 bits per heavy atom. The molecule has 0 bridgehead atoms. The fourth-order valence-electron chi connectivity index (χ4n) is 2.21. The zero-order valence-corrected chi connectivity index (χ0v) is 12.4. The maximum atomic E-state index is 5.86. The van der Waals surface area contributed by atoms with E-state index in [-0.39, 0.29) is 0 Å². The lowest BCUT2D eigenvalue weighted by Crippen LogP contribution is -2.12. The van der Waals surface area contributed by atoms with Crippen LogP contribution in [0, 0.1) is 5.92 Å². The minimum Gasteiger partial charge on any atom is -0.330 e. The monoisotopic (exact) mass is 277 g/mol. The number of allylic oxidation sites excluding steroid dienone is 2. The van der Waals surface area contributed by atoms with E-state index in [1.165, 1.54) is 11.1 Å². The third kappa shape index (κ3) is 5.80. The van der Waals surface area contributed by atoms with Gasteiger partial charge in [0.2, 0.25) is 0 Å². The highest BCUT2D eigenvalue weighted by molar-refractivity contribution is 5.49. The molecule has 2 N–H and O–H groups in total. The number of hydrogen-bond acceptors (Lipinski definition) is 1. The molecular formula is C20H23N. The van der Waals surface area contributed by atoms with Crippen molar-refractivity contribution in [3.05, 3.63) is 83.9 Å². The molecule has 0 aliphatic carbocycles. The highest BCUT2D eigenvalue weighted by Crippen LogP contribution is 2.12. The second-order valence-corrected chi connectivity index (χ2v) is 5.20. The maximum absolute atomic E-state index is 5.86. The van der Waals surface area contributed by atoms with Crippen LogP contribution in [0.1, 0.15) is 24.0 Å². The first kappa shape index (κ1) is 15.3. The van der Waals surface area contributed by atoms with Crippen LogP contribution in [-0.2, 0) is 0 Å². The van der Waals surface area contributed by atoms with Gasteiger partial charge in [0.05, 0.1) is 0 Å². The van der Waals surface area contributed by atoms with Crippen LogP contribution in [0.2, 0.25) is 0 Å².